The second-order valence-corrected chi connectivity index (χ2v) is 11.3. The molecule has 42 heavy (non-hydrogen) atoms. The van der Waals surface area contributed by atoms with Crippen molar-refractivity contribution in [3.8, 4) is 11.5 Å². The molecule has 0 spiro atoms. The largest absolute Gasteiger partial charge is 0.497 e. The molecule has 1 aromatic heterocycles. The summed E-state index contributed by atoms with van der Waals surface area (Å²) in [5.74, 6) is 0.420. The molecule has 218 valence electrons. The van der Waals surface area contributed by atoms with Gasteiger partial charge in [-0.2, -0.15) is 0 Å². The summed E-state index contributed by atoms with van der Waals surface area (Å²) in [6, 6.07) is 18.6. The van der Waals surface area contributed by atoms with Crippen molar-refractivity contribution in [1.29, 1.82) is 0 Å². The van der Waals surface area contributed by atoms with Gasteiger partial charge >= 0.3 is 6.03 Å². The number of carbonyl (C=O) groups is 3. The van der Waals surface area contributed by atoms with Crippen LogP contribution in [0, 0.1) is 11.3 Å². The number of piperidine rings is 1. The van der Waals surface area contributed by atoms with Crippen LogP contribution in [0.2, 0.25) is 0 Å². The third kappa shape index (κ3) is 4.96. The Morgan fingerprint density at radius 3 is 2.36 bits per heavy atom. The van der Waals surface area contributed by atoms with E-state index in [0.29, 0.717) is 43.4 Å². The third-order valence-corrected chi connectivity index (χ3v) is 8.59. The molecule has 10 heteroatoms. The number of pyridine rings is 1. The van der Waals surface area contributed by atoms with Gasteiger partial charge in [-0.1, -0.05) is 18.2 Å². The van der Waals surface area contributed by atoms with Gasteiger partial charge in [-0.05, 0) is 73.7 Å². The number of benzene rings is 2. The van der Waals surface area contributed by atoms with Crippen LogP contribution in [0.15, 0.2) is 71.5 Å². The van der Waals surface area contributed by atoms with Crippen LogP contribution in [0.5, 0.6) is 11.5 Å². The number of carbonyl (C=O) groups excluding carboxylic acids is 3. The molecule has 1 N–H and O–H groups in total. The Labute approximate surface area is 243 Å². The molecule has 2 saturated heterocycles. The van der Waals surface area contributed by atoms with Crippen LogP contribution in [0.4, 0.5) is 10.5 Å². The first-order valence-corrected chi connectivity index (χ1v) is 14.3. The molecule has 0 aliphatic carbocycles. The normalized spacial score (nSPS) is 23.8. The number of amides is 4. The van der Waals surface area contributed by atoms with Crippen molar-refractivity contribution in [2.24, 2.45) is 11.3 Å². The molecule has 3 atom stereocenters. The van der Waals surface area contributed by atoms with Crippen LogP contribution >= 0.6 is 0 Å². The minimum atomic E-state index is -1.57. The van der Waals surface area contributed by atoms with Crippen molar-refractivity contribution in [2.45, 2.75) is 32.2 Å². The first-order valence-electron chi connectivity index (χ1n) is 14.3. The van der Waals surface area contributed by atoms with E-state index in [1.165, 1.54) is 0 Å². The van der Waals surface area contributed by atoms with E-state index < -0.39 is 23.3 Å². The summed E-state index contributed by atoms with van der Waals surface area (Å²) < 4.78 is 12.7. The van der Waals surface area contributed by atoms with Crippen molar-refractivity contribution in [1.82, 2.24) is 14.8 Å². The molecule has 0 saturated carbocycles. The van der Waals surface area contributed by atoms with E-state index in [4.69, 9.17) is 9.47 Å². The molecule has 3 aromatic rings. The Kier molecular flexibility index (Phi) is 7.32. The van der Waals surface area contributed by atoms with Crippen LogP contribution < -0.4 is 25.2 Å². The molecule has 0 radical (unpaired) electrons. The van der Waals surface area contributed by atoms with Crippen LogP contribution in [0.1, 0.15) is 30.5 Å². The fraction of sp³-hybridized carbons (Fsp3) is 0.375. The summed E-state index contributed by atoms with van der Waals surface area (Å²) in [7, 11) is 1.58. The quantitative estimate of drug-likeness (QED) is 0.414. The number of methoxy groups -OCH3 is 1. The zero-order chi connectivity index (χ0) is 29.4. The van der Waals surface area contributed by atoms with E-state index in [0.717, 1.165) is 22.6 Å². The monoisotopic (exact) mass is 570 g/mol. The fourth-order valence-corrected chi connectivity index (χ4v) is 6.72. The van der Waals surface area contributed by atoms with Gasteiger partial charge in [0.15, 0.2) is 0 Å². The molecule has 2 fully saturated rings. The summed E-state index contributed by atoms with van der Waals surface area (Å²) in [6.07, 6.45) is 1.05. The first kappa shape index (κ1) is 27.7. The molecule has 10 nitrogen and oxygen atoms in total. The first-order chi connectivity index (χ1) is 20.3. The van der Waals surface area contributed by atoms with Gasteiger partial charge in [0.1, 0.15) is 16.9 Å². The standard InChI is InChI=1S/C32H34N4O6/c1-3-42-26-13-9-24(10-14-26)36-30(39)32(29(38)33-31(36)40,16-21-7-11-25(41-2)12-8-21)20-34-17-22-15-23(19-34)27-5-4-6-28(37)35(27)18-22/h4-14,22-23H,3,15-20H2,1-2H3,(H,33,38,40). The number of fused-ring (bicyclic) bond motifs is 4. The maximum absolute atomic E-state index is 14.5. The number of hydrogen-bond donors (Lipinski definition) is 1. The second kappa shape index (κ2) is 11.1. The van der Waals surface area contributed by atoms with Crippen LogP contribution in [-0.4, -0.2) is 60.7 Å². The number of likely N-dealkylation sites (tertiary alicyclic amines) is 1. The number of nitrogens with zero attached hydrogens (tertiary/aromatic N) is 3. The number of imide groups is 2. The Balaban J connectivity index is 1.36. The van der Waals surface area contributed by atoms with Gasteiger partial charge in [0.2, 0.25) is 5.91 Å². The summed E-state index contributed by atoms with van der Waals surface area (Å²) in [5, 5.41) is 2.49. The van der Waals surface area contributed by atoms with Gasteiger partial charge in [-0.25, -0.2) is 9.69 Å². The summed E-state index contributed by atoms with van der Waals surface area (Å²) in [5.41, 5.74) is 0.547. The highest BCUT2D eigenvalue weighted by Gasteiger charge is 2.55. The van der Waals surface area contributed by atoms with Crippen molar-refractivity contribution >= 4 is 23.5 Å². The second-order valence-electron chi connectivity index (χ2n) is 11.3. The number of hydrogen-bond acceptors (Lipinski definition) is 7. The van der Waals surface area contributed by atoms with E-state index >= 15 is 0 Å². The molecule has 3 unspecified atom stereocenters. The lowest BCUT2D eigenvalue weighted by molar-refractivity contribution is -0.144. The van der Waals surface area contributed by atoms with E-state index in [9.17, 15) is 19.2 Å². The molecule has 2 bridgehead atoms. The number of ether oxygens (including phenoxy) is 2. The molecular weight excluding hydrogens is 536 g/mol. The molecule has 4 amide bonds. The number of rotatable bonds is 8. The average Bonchev–Trinajstić information content (AvgIpc) is 2.98. The van der Waals surface area contributed by atoms with E-state index in [2.05, 4.69) is 10.2 Å². The zero-order valence-corrected chi connectivity index (χ0v) is 23.7. The highest BCUT2D eigenvalue weighted by Crippen LogP contribution is 2.39. The minimum absolute atomic E-state index is 0.00188. The Morgan fingerprint density at radius 2 is 1.64 bits per heavy atom. The molecule has 4 heterocycles. The maximum Gasteiger partial charge on any atom is 0.335 e. The lowest BCUT2D eigenvalue weighted by atomic mass is 9.75. The lowest BCUT2D eigenvalue weighted by Gasteiger charge is -2.47. The van der Waals surface area contributed by atoms with Crippen LogP contribution in [-0.2, 0) is 22.6 Å². The van der Waals surface area contributed by atoms with Crippen molar-refractivity contribution < 1.29 is 23.9 Å². The van der Waals surface area contributed by atoms with Gasteiger partial charge in [-0.3, -0.25) is 19.7 Å². The number of anilines is 1. The van der Waals surface area contributed by atoms with Crippen LogP contribution in [0.3, 0.4) is 0 Å². The van der Waals surface area contributed by atoms with Crippen LogP contribution in [0.25, 0.3) is 0 Å². The number of barbiturate groups is 1. The Bertz CT molecular complexity index is 1570. The summed E-state index contributed by atoms with van der Waals surface area (Å²) >= 11 is 0. The molecule has 6 rings (SSSR count). The number of aromatic nitrogens is 1. The van der Waals surface area contributed by atoms with Crippen molar-refractivity contribution in [3.63, 3.8) is 0 Å². The smallest absolute Gasteiger partial charge is 0.335 e. The van der Waals surface area contributed by atoms with E-state index in [1.54, 1.807) is 55.6 Å². The predicted octanol–water partition coefficient (Wildman–Crippen LogP) is 3.19. The maximum atomic E-state index is 14.5. The highest BCUT2D eigenvalue weighted by atomic mass is 16.5. The number of urea groups is 1. The summed E-state index contributed by atoms with van der Waals surface area (Å²) in [4.78, 5) is 57.2. The van der Waals surface area contributed by atoms with Gasteiger partial charge < -0.3 is 18.9 Å². The van der Waals surface area contributed by atoms with Crippen molar-refractivity contribution in [2.75, 3.05) is 38.3 Å². The average molecular weight is 571 g/mol. The predicted molar refractivity (Wildman–Crippen MR) is 156 cm³/mol. The highest BCUT2D eigenvalue weighted by molar-refractivity contribution is 6.30. The van der Waals surface area contributed by atoms with Crippen molar-refractivity contribution in [3.05, 3.63) is 88.3 Å². The molecular formula is C32H34N4O6. The Hall–Kier alpha value is -4.44. The third-order valence-electron chi connectivity index (χ3n) is 8.59. The van der Waals surface area contributed by atoms with Gasteiger partial charge in [0.25, 0.3) is 11.5 Å². The lowest BCUT2D eigenvalue weighted by Crippen LogP contribution is -2.68. The molecule has 3 aliphatic rings. The SMILES string of the molecule is CCOc1ccc(N2C(=O)NC(=O)C(Cc3ccc(OC)cc3)(CN3CC4CC(C3)c3cccc(=O)n3C4)C2=O)cc1. The number of nitrogens with one attached hydrogen (secondary N) is 1. The van der Waals surface area contributed by atoms with E-state index in [1.807, 2.05) is 29.7 Å². The van der Waals surface area contributed by atoms with Gasteiger partial charge in [0.05, 0.1) is 19.4 Å². The summed E-state index contributed by atoms with van der Waals surface area (Å²) in [6.45, 7) is 4.33. The minimum Gasteiger partial charge on any atom is -0.497 e. The Morgan fingerprint density at radius 1 is 0.905 bits per heavy atom. The zero-order valence-electron chi connectivity index (χ0n) is 23.7. The molecule has 3 aliphatic heterocycles. The topological polar surface area (TPSA) is 110 Å². The molecule has 2 aromatic carbocycles. The fourth-order valence-electron chi connectivity index (χ4n) is 6.72. The van der Waals surface area contributed by atoms with Gasteiger partial charge in [0, 0.05) is 43.9 Å². The van der Waals surface area contributed by atoms with E-state index in [-0.39, 0.29) is 30.4 Å². The van der Waals surface area contributed by atoms with Gasteiger partial charge in [-0.15, -0.1) is 0 Å².